The van der Waals surface area contributed by atoms with Crippen LogP contribution >= 0.6 is 0 Å². The van der Waals surface area contributed by atoms with Gasteiger partial charge in [-0.05, 0) is 49.9 Å². The number of hydrazone groups is 1. The highest BCUT2D eigenvalue weighted by molar-refractivity contribution is 6.35. The summed E-state index contributed by atoms with van der Waals surface area (Å²) >= 11 is 0. The topological polar surface area (TPSA) is 109 Å². The van der Waals surface area contributed by atoms with E-state index in [9.17, 15) is 14.4 Å². The summed E-state index contributed by atoms with van der Waals surface area (Å²) < 4.78 is 11.2. The number of amides is 3. The summed E-state index contributed by atoms with van der Waals surface area (Å²) in [5, 5.41) is 6.32. The van der Waals surface area contributed by atoms with E-state index in [1.807, 2.05) is 13.8 Å². The lowest BCUT2D eigenvalue weighted by molar-refractivity contribution is -0.139. The van der Waals surface area contributed by atoms with Crippen LogP contribution in [0.2, 0.25) is 0 Å². The summed E-state index contributed by atoms with van der Waals surface area (Å²) in [6.45, 7) is 6.22. The molecule has 0 radical (unpaired) electrons. The Morgan fingerprint density at radius 3 is 2.57 bits per heavy atom. The number of carbonyl (C=O) groups excluding carboxylic acids is 3. The van der Waals surface area contributed by atoms with Gasteiger partial charge in [0, 0.05) is 19.6 Å². The fraction of sp³-hybridized carbons (Fsp3) is 0.524. The normalized spacial score (nSPS) is 13.3. The number of nitrogens with zero attached hydrogens (tertiary/aromatic N) is 2. The first-order valence-electron chi connectivity index (χ1n) is 10.3. The minimum absolute atomic E-state index is 0.0412. The molecule has 1 aliphatic rings. The van der Waals surface area contributed by atoms with E-state index in [4.69, 9.17) is 9.47 Å². The predicted octanol–water partition coefficient (Wildman–Crippen LogP) is 1.45. The van der Waals surface area contributed by atoms with Crippen molar-refractivity contribution in [2.24, 2.45) is 5.10 Å². The molecule has 1 aliphatic heterocycles. The van der Waals surface area contributed by atoms with E-state index in [1.165, 1.54) is 6.21 Å². The van der Waals surface area contributed by atoms with Crippen LogP contribution < -0.4 is 20.2 Å². The van der Waals surface area contributed by atoms with Crippen LogP contribution in [0.1, 0.15) is 45.1 Å². The summed E-state index contributed by atoms with van der Waals surface area (Å²) in [5.41, 5.74) is 2.83. The Morgan fingerprint density at radius 2 is 1.87 bits per heavy atom. The second kappa shape index (κ2) is 12.5. The monoisotopic (exact) mass is 418 g/mol. The zero-order valence-corrected chi connectivity index (χ0v) is 17.6. The van der Waals surface area contributed by atoms with E-state index in [-0.39, 0.29) is 12.5 Å². The van der Waals surface area contributed by atoms with Crippen LogP contribution in [0.5, 0.6) is 11.5 Å². The Labute approximate surface area is 176 Å². The Balaban J connectivity index is 1.91. The lowest BCUT2D eigenvalue weighted by Gasteiger charge is -2.17. The van der Waals surface area contributed by atoms with E-state index in [0.717, 1.165) is 38.8 Å². The average Bonchev–Trinajstić information content (AvgIpc) is 3.28. The quantitative estimate of drug-likeness (QED) is 0.259. The van der Waals surface area contributed by atoms with E-state index in [2.05, 4.69) is 15.8 Å². The molecule has 0 bridgehead atoms. The number of nitrogens with one attached hydrogen (secondary N) is 2. The van der Waals surface area contributed by atoms with Gasteiger partial charge in [-0.25, -0.2) is 5.43 Å². The molecule has 1 saturated heterocycles. The molecular formula is C21H30N4O5. The summed E-state index contributed by atoms with van der Waals surface area (Å²) in [6, 6.07) is 5.09. The van der Waals surface area contributed by atoms with Crippen molar-refractivity contribution >= 4 is 23.9 Å². The van der Waals surface area contributed by atoms with E-state index < -0.39 is 11.8 Å². The van der Waals surface area contributed by atoms with Gasteiger partial charge in [-0.3, -0.25) is 14.4 Å². The second-order valence-electron chi connectivity index (χ2n) is 6.82. The molecule has 9 nitrogen and oxygen atoms in total. The highest BCUT2D eigenvalue weighted by Gasteiger charge is 2.19. The molecule has 0 aromatic heterocycles. The fourth-order valence-corrected chi connectivity index (χ4v) is 2.86. The molecule has 164 valence electrons. The third-order valence-corrected chi connectivity index (χ3v) is 4.48. The first-order valence-corrected chi connectivity index (χ1v) is 10.3. The summed E-state index contributed by atoms with van der Waals surface area (Å²) in [5.74, 6) is -0.657. The molecule has 3 amide bonds. The summed E-state index contributed by atoms with van der Waals surface area (Å²) in [6.07, 6.45) is 5.19. The molecule has 0 atom stereocenters. The van der Waals surface area contributed by atoms with Crippen molar-refractivity contribution in [3.8, 4) is 11.5 Å². The number of benzene rings is 1. The summed E-state index contributed by atoms with van der Waals surface area (Å²) in [4.78, 5) is 37.3. The molecular weight excluding hydrogens is 388 g/mol. The Bertz CT molecular complexity index is 760. The van der Waals surface area contributed by atoms with Gasteiger partial charge in [0.15, 0.2) is 18.1 Å². The van der Waals surface area contributed by atoms with Gasteiger partial charge >= 0.3 is 11.8 Å². The largest absolute Gasteiger partial charge is 0.490 e. The maximum Gasteiger partial charge on any atom is 0.329 e. The molecule has 1 aromatic carbocycles. The average molecular weight is 418 g/mol. The first-order chi connectivity index (χ1) is 14.5. The maximum atomic E-state index is 12.2. The van der Waals surface area contributed by atoms with Crippen LogP contribution in [0.3, 0.4) is 0 Å². The van der Waals surface area contributed by atoms with Gasteiger partial charge in [-0.2, -0.15) is 5.10 Å². The fourth-order valence-electron chi connectivity index (χ4n) is 2.86. The second-order valence-corrected chi connectivity index (χ2v) is 6.82. The number of ether oxygens (including phenoxy) is 2. The molecule has 0 spiro atoms. The number of hydrogen-bond acceptors (Lipinski definition) is 6. The standard InChI is InChI=1S/C21H30N4O5/c1-3-5-10-22-20(27)21(28)24-23-14-16-8-9-17(18(13-16)29-4-2)30-15-19(26)25-11-6-7-12-25/h8-9,13-14H,3-7,10-12,15H2,1-2H3,(H,22,27)(H,24,28)/b23-14-. The molecule has 30 heavy (non-hydrogen) atoms. The molecule has 1 aromatic rings. The smallest absolute Gasteiger partial charge is 0.329 e. The van der Waals surface area contributed by atoms with Crippen molar-refractivity contribution in [3.05, 3.63) is 23.8 Å². The number of likely N-dealkylation sites (tertiary alicyclic amines) is 1. The third-order valence-electron chi connectivity index (χ3n) is 4.48. The van der Waals surface area contributed by atoms with Crippen molar-refractivity contribution < 1.29 is 23.9 Å². The van der Waals surface area contributed by atoms with E-state index in [0.29, 0.717) is 30.2 Å². The predicted molar refractivity (Wildman–Crippen MR) is 113 cm³/mol. The molecule has 0 unspecified atom stereocenters. The van der Waals surface area contributed by atoms with Gasteiger partial charge < -0.3 is 19.7 Å². The number of carbonyl (C=O) groups is 3. The van der Waals surface area contributed by atoms with Gasteiger partial charge in [-0.1, -0.05) is 13.3 Å². The highest BCUT2D eigenvalue weighted by atomic mass is 16.5. The maximum absolute atomic E-state index is 12.2. The molecule has 0 saturated carbocycles. The van der Waals surface area contributed by atoms with Crippen molar-refractivity contribution in [2.75, 3.05) is 32.8 Å². The highest BCUT2D eigenvalue weighted by Crippen LogP contribution is 2.28. The van der Waals surface area contributed by atoms with Gasteiger partial charge in [0.2, 0.25) is 0 Å². The van der Waals surface area contributed by atoms with E-state index >= 15 is 0 Å². The van der Waals surface area contributed by atoms with Crippen molar-refractivity contribution in [1.29, 1.82) is 0 Å². The van der Waals surface area contributed by atoms with Gasteiger partial charge in [0.1, 0.15) is 0 Å². The van der Waals surface area contributed by atoms with Crippen LogP contribution in [-0.4, -0.2) is 61.7 Å². The third kappa shape index (κ3) is 7.38. The van der Waals surface area contributed by atoms with Crippen LogP contribution in [0.4, 0.5) is 0 Å². The Morgan fingerprint density at radius 1 is 1.10 bits per heavy atom. The molecule has 1 heterocycles. The number of rotatable bonds is 10. The molecule has 2 rings (SSSR count). The molecule has 9 heteroatoms. The van der Waals surface area contributed by atoms with Crippen molar-refractivity contribution in [2.45, 2.75) is 39.5 Å². The van der Waals surface area contributed by atoms with Crippen molar-refractivity contribution in [3.63, 3.8) is 0 Å². The SMILES string of the molecule is CCCCNC(=O)C(=O)N/N=C\c1ccc(OCC(=O)N2CCCC2)c(OCC)c1. The van der Waals surface area contributed by atoms with Gasteiger partial charge in [0.25, 0.3) is 5.91 Å². The first kappa shape index (κ1) is 23.2. The Hall–Kier alpha value is -3.10. The minimum Gasteiger partial charge on any atom is -0.490 e. The summed E-state index contributed by atoms with van der Waals surface area (Å²) in [7, 11) is 0. The lowest BCUT2D eigenvalue weighted by Crippen LogP contribution is -2.38. The number of hydrogen-bond donors (Lipinski definition) is 2. The zero-order valence-electron chi connectivity index (χ0n) is 17.6. The molecule has 1 fully saturated rings. The Kier molecular flexibility index (Phi) is 9.63. The van der Waals surface area contributed by atoms with Gasteiger partial charge in [-0.15, -0.1) is 0 Å². The molecule has 0 aliphatic carbocycles. The van der Waals surface area contributed by atoms with Crippen molar-refractivity contribution in [1.82, 2.24) is 15.6 Å². The van der Waals surface area contributed by atoms with Gasteiger partial charge in [0.05, 0.1) is 12.8 Å². The van der Waals surface area contributed by atoms with Crippen LogP contribution in [0.25, 0.3) is 0 Å². The van der Waals surface area contributed by atoms with Crippen LogP contribution in [0.15, 0.2) is 23.3 Å². The van der Waals surface area contributed by atoms with Crippen LogP contribution in [-0.2, 0) is 14.4 Å². The van der Waals surface area contributed by atoms with Crippen LogP contribution in [0, 0.1) is 0 Å². The zero-order chi connectivity index (χ0) is 21.8. The minimum atomic E-state index is -0.826. The number of unbranched alkanes of at least 4 members (excludes halogenated alkanes) is 1. The van der Waals surface area contributed by atoms with E-state index in [1.54, 1.807) is 23.1 Å². The molecule has 2 N–H and O–H groups in total. The lowest BCUT2D eigenvalue weighted by atomic mass is 10.2.